The Morgan fingerprint density at radius 3 is 2.15 bits per heavy atom. The number of phenols is 1. The average Bonchev–Trinajstić information content (AvgIpc) is 3.05. The topological polar surface area (TPSA) is 91.2 Å². The van der Waals surface area contributed by atoms with Crippen LogP contribution in [0.4, 0.5) is 0 Å². The number of aliphatic hydroxyl groups is 1. The Hall–Kier alpha value is -3.64. The van der Waals surface area contributed by atoms with Crippen LogP contribution in [-0.2, 0) is 18.5 Å². The van der Waals surface area contributed by atoms with Gasteiger partial charge in [-0.05, 0) is 42.2 Å². The maximum atomic E-state index is 13.5. The summed E-state index contributed by atoms with van der Waals surface area (Å²) >= 11 is 0. The van der Waals surface area contributed by atoms with Crippen LogP contribution in [0.2, 0.25) is 0 Å². The number of benzene rings is 3. The number of ketones is 1. The Labute approximate surface area is 199 Å². The average molecular weight is 458 g/mol. The molecule has 0 saturated carbocycles. The molecule has 0 aliphatic heterocycles. The molecule has 0 saturated heterocycles. The van der Waals surface area contributed by atoms with E-state index in [2.05, 4.69) is 0 Å². The fraction of sp³-hybridized carbons (Fsp3) is 0.286. The molecule has 34 heavy (non-hydrogen) atoms. The molecule has 1 unspecified atom stereocenters. The lowest BCUT2D eigenvalue weighted by atomic mass is 9.83. The van der Waals surface area contributed by atoms with Gasteiger partial charge in [0.15, 0.2) is 5.78 Å². The van der Waals surface area contributed by atoms with Gasteiger partial charge in [-0.1, -0.05) is 63.2 Å². The van der Waals surface area contributed by atoms with E-state index in [1.54, 1.807) is 23.6 Å². The van der Waals surface area contributed by atoms with Crippen LogP contribution in [0.15, 0.2) is 66.7 Å². The number of carbonyl (C=O) groups excluding carboxylic acids is 1. The van der Waals surface area contributed by atoms with Crippen molar-refractivity contribution in [3.8, 4) is 5.75 Å². The first-order chi connectivity index (χ1) is 16.1. The molecule has 0 spiro atoms. The maximum Gasteiger partial charge on any atom is 0.203 e. The number of phenolic OH excluding ortho intramolecular Hbond substituents is 1. The van der Waals surface area contributed by atoms with E-state index in [1.165, 1.54) is 0 Å². The summed E-state index contributed by atoms with van der Waals surface area (Å²) in [6, 6.07) is 20.9. The molecule has 0 amide bonds. The number of hydrogen-bond acceptors (Lipinski definition) is 4. The molecule has 3 N–H and O–H groups in total. The molecular formula is C28H31N3O3. The van der Waals surface area contributed by atoms with Gasteiger partial charge in [0.05, 0.1) is 30.2 Å². The van der Waals surface area contributed by atoms with E-state index in [9.17, 15) is 15.0 Å². The minimum atomic E-state index is -0.916. The van der Waals surface area contributed by atoms with Gasteiger partial charge < -0.3 is 19.3 Å². The van der Waals surface area contributed by atoms with E-state index in [0.717, 1.165) is 16.6 Å². The molecule has 0 aliphatic carbocycles. The Kier molecular flexibility index (Phi) is 6.19. The smallest absolute Gasteiger partial charge is 0.203 e. The largest absolute Gasteiger partial charge is 0.507 e. The lowest BCUT2D eigenvalue weighted by Gasteiger charge is -2.24. The number of hydrogen-bond donors (Lipinski definition) is 3. The van der Waals surface area contributed by atoms with Crippen LogP contribution in [0.25, 0.3) is 11.0 Å². The van der Waals surface area contributed by atoms with Crippen LogP contribution >= 0.6 is 0 Å². The minimum Gasteiger partial charge on any atom is -0.507 e. The second-order valence-corrected chi connectivity index (χ2v) is 9.78. The molecule has 4 aromatic rings. The van der Waals surface area contributed by atoms with Gasteiger partial charge in [-0.25, -0.2) is 0 Å². The predicted molar refractivity (Wildman–Crippen MR) is 133 cm³/mol. The molecule has 3 aromatic carbocycles. The highest BCUT2D eigenvalue weighted by Crippen LogP contribution is 2.37. The van der Waals surface area contributed by atoms with E-state index < -0.39 is 11.5 Å². The first kappa shape index (κ1) is 23.5. The normalized spacial score (nSPS) is 12.7. The molecule has 1 aromatic heterocycles. The molecule has 176 valence electrons. The lowest BCUT2D eigenvalue weighted by Crippen LogP contribution is -2.28. The van der Waals surface area contributed by atoms with Gasteiger partial charge in [-0.2, -0.15) is 0 Å². The molecule has 1 atom stereocenters. The van der Waals surface area contributed by atoms with Crippen LogP contribution < -0.4 is 5.62 Å². The van der Waals surface area contributed by atoms with Crippen molar-refractivity contribution in [2.24, 2.45) is 0 Å². The minimum absolute atomic E-state index is 0.0191. The zero-order valence-electron chi connectivity index (χ0n) is 20.0. The molecule has 6 nitrogen and oxygen atoms in total. The van der Waals surface area contributed by atoms with Crippen molar-refractivity contribution in [2.45, 2.75) is 52.3 Å². The Morgan fingerprint density at radius 2 is 1.56 bits per heavy atom. The van der Waals surface area contributed by atoms with Crippen LogP contribution in [0.5, 0.6) is 5.75 Å². The summed E-state index contributed by atoms with van der Waals surface area (Å²) < 4.78 is 3.61. The van der Waals surface area contributed by atoms with Crippen molar-refractivity contribution in [3.63, 3.8) is 0 Å². The molecule has 0 bridgehead atoms. The zero-order chi connectivity index (χ0) is 24.6. The SMILES string of the molecule is CC(O)c1cc(C(=O)Cn2c(=N)n(Cc3ccccc3)c3ccccc32)cc(C(C)(C)C)c1O. The fourth-order valence-corrected chi connectivity index (χ4v) is 4.32. The quantitative estimate of drug-likeness (QED) is 0.359. The third kappa shape index (κ3) is 4.41. The van der Waals surface area contributed by atoms with Crippen molar-refractivity contribution < 1.29 is 15.0 Å². The van der Waals surface area contributed by atoms with Crippen molar-refractivity contribution in [1.82, 2.24) is 9.13 Å². The number of fused-ring (bicyclic) bond motifs is 1. The third-order valence-corrected chi connectivity index (χ3v) is 6.18. The summed E-state index contributed by atoms with van der Waals surface area (Å²) in [6.07, 6.45) is -0.916. The van der Waals surface area contributed by atoms with Gasteiger partial charge in [0.2, 0.25) is 5.62 Å². The van der Waals surface area contributed by atoms with E-state index in [4.69, 9.17) is 5.41 Å². The highest BCUT2D eigenvalue weighted by molar-refractivity contribution is 5.97. The van der Waals surface area contributed by atoms with Crippen LogP contribution in [0.3, 0.4) is 0 Å². The number of aliphatic hydroxyl groups excluding tert-OH is 1. The number of rotatable bonds is 6. The standard InChI is InChI=1S/C28H31N3O3/c1-18(32)21-14-20(15-22(26(21)34)28(2,3)4)25(33)17-31-24-13-9-8-12-23(24)30(27(31)29)16-19-10-6-5-7-11-19/h5-15,18,29,32,34H,16-17H2,1-4H3. The van der Waals surface area contributed by atoms with Crippen LogP contribution in [0.1, 0.15) is 60.8 Å². The number of imidazole rings is 1. The number of carbonyl (C=O) groups is 1. The lowest BCUT2D eigenvalue weighted by molar-refractivity contribution is 0.0971. The van der Waals surface area contributed by atoms with Crippen LogP contribution in [-0.4, -0.2) is 25.1 Å². The first-order valence-corrected chi connectivity index (χ1v) is 11.4. The van der Waals surface area contributed by atoms with Crippen molar-refractivity contribution in [2.75, 3.05) is 0 Å². The summed E-state index contributed by atoms with van der Waals surface area (Å²) in [5.41, 5.74) is 3.94. The zero-order valence-corrected chi connectivity index (χ0v) is 20.0. The van der Waals surface area contributed by atoms with Crippen LogP contribution in [0, 0.1) is 5.41 Å². The third-order valence-electron chi connectivity index (χ3n) is 6.18. The number of nitrogens with one attached hydrogen (secondary N) is 1. The summed E-state index contributed by atoms with van der Waals surface area (Å²) in [5, 5.41) is 29.8. The highest BCUT2D eigenvalue weighted by atomic mass is 16.3. The number of aromatic hydroxyl groups is 1. The van der Waals surface area contributed by atoms with Crippen molar-refractivity contribution in [1.29, 1.82) is 5.41 Å². The van der Waals surface area contributed by atoms with Gasteiger partial charge >= 0.3 is 0 Å². The Morgan fingerprint density at radius 1 is 0.971 bits per heavy atom. The molecule has 4 rings (SSSR count). The summed E-state index contributed by atoms with van der Waals surface area (Å²) in [4.78, 5) is 13.5. The van der Waals surface area contributed by atoms with E-state index in [0.29, 0.717) is 23.2 Å². The molecule has 0 aliphatic rings. The number of Topliss-reactive ketones (excluding diaryl/α,β-unsaturated/α-hetero) is 1. The van der Waals surface area contributed by atoms with Gasteiger partial charge in [0, 0.05) is 16.7 Å². The second-order valence-electron chi connectivity index (χ2n) is 9.78. The molecule has 0 radical (unpaired) electrons. The Balaban J connectivity index is 1.78. The van der Waals surface area contributed by atoms with Gasteiger partial charge in [0.25, 0.3) is 0 Å². The number of nitrogens with zero attached hydrogens (tertiary/aromatic N) is 2. The van der Waals surface area contributed by atoms with E-state index in [-0.39, 0.29) is 23.7 Å². The Bertz CT molecular complexity index is 1410. The molecular weight excluding hydrogens is 426 g/mol. The van der Waals surface area contributed by atoms with Crippen molar-refractivity contribution in [3.05, 3.63) is 94.6 Å². The maximum absolute atomic E-state index is 13.5. The second kappa shape index (κ2) is 8.95. The highest BCUT2D eigenvalue weighted by Gasteiger charge is 2.25. The summed E-state index contributed by atoms with van der Waals surface area (Å²) in [5.74, 6) is -0.166. The molecule has 1 heterocycles. The van der Waals surface area contributed by atoms with Gasteiger partial charge in [-0.15, -0.1) is 0 Å². The number of aromatic nitrogens is 2. The predicted octanol–water partition coefficient (Wildman–Crippen LogP) is 4.91. The number of para-hydroxylation sites is 2. The molecule has 6 heteroatoms. The molecule has 0 fully saturated rings. The monoisotopic (exact) mass is 457 g/mol. The van der Waals surface area contributed by atoms with Crippen molar-refractivity contribution >= 4 is 16.8 Å². The first-order valence-electron chi connectivity index (χ1n) is 11.4. The van der Waals surface area contributed by atoms with Gasteiger partial charge in [-0.3, -0.25) is 10.2 Å². The summed E-state index contributed by atoms with van der Waals surface area (Å²) in [7, 11) is 0. The fourth-order valence-electron chi connectivity index (χ4n) is 4.32. The van der Waals surface area contributed by atoms with Gasteiger partial charge in [0.1, 0.15) is 5.75 Å². The summed E-state index contributed by atoms with van der Waals surface area (Å²) in [6.45, 7) is 7.95. The van der Waals surface area contributed by atoms with E-state index in [1.807, 2.05) is 79.9 Å². The van der Waals surface area contributed by atoms with E-state index >= 15 is 0 Å².